The molecule has 0 bridgehead atoms. The topological polar surface area (TPSA) is 86.4 Å². The molecule has 0 radical (unpaired) electrons. The molecule has 1 N–H and O–H groups in total. The largest absolute Gasteiger partial charge is 0.337 e. The van der Waals surface area contributed by atoms with Gasteiger partial charge >= 0.3 is 0 Å². The number of nitrogens with zero attached hydrogens (tertiary/aromatic N) is 3. The van der Waals surface area contributed by atoms with Crippen molar-refractivity contribution in [3.63, 3.8) is 0 Å². The first-order chi connectivity index (χ1) is 15.5. The summed E-state index contributed by atoms with van der Waals surface area (Å²) in [5.41, 5.74) is 1.70. The Morgan fingerprint density at radius 1 is 1.16 bits per heavy atom. The molecule has 1 saturated carbocycles. The second-order valence-electron chi connectivity index (χ2n) is 9.07. The van der Waals surface area contributed by atoms with Gasteiger partial charge in [0.1, 0.15) is 11.6 Å². The molecule has 1 saturated heterocycles. The summed E-state index contributed by atoms with van der Waals surface area (Å²) in [4.78, 5) is 49.6. The van der Waals surface area contributed by atoms with Gasteiger partial charge in [0, 0.05) is 25.4 Å². The maximum Gasteiger partial charge on any atom is 0.256 e. The van der Waals surface area contributed by atoms with Gasteiger partial charge in [-0.2, -0.15) is 0 Å². The van der Waals surface area contributed by atoms with Crippen LogP contribution >= 0.6 is 0 Å². The highest BCUT2D eigenvalue weighted by Gasteiger charge is 2.36. The van der Waals surface area contributed by atoms with Crippen LogP contribution in [0.4, 0.5) is 4.39 Å². The summed E-state index contributed by atoms with van der Waals surface area (Å²) >= 11 is 0. The number of hydrogen-bond acceptors (Lipinski definition) is 4. The number of halogens is 1. The average Bonchev–Trinajstić information content (AvgIpc) is 3.64. The number of amides is 2. The summed E-state index contributed by atoms with van der Waals surface area (Å²) < 4.78 is 13.5. The maximum absolute atomic E-state index is 13.5. The fraction of sp³-hybridized carbons (Fsp3) is 0.500. The van der Waals surface area contributed by atoms with E-state index in [2.05, 4.69) is 4.98 Å². The summed E-state index contributed by atoms with van der Waals surface area (Å²) in [6.07, 6.45) is 5.10. The predicted molar refractivity (Wildman–Crippen MR) is 115 cm³/mol. The van der Waals surface area contributed by atoms with Gasteiger partial charge in [0.15, 0.2) is 0 Å². The van der Waals surface area contributed by atoms with Crippen molar-refractivity contribution in [2.24, 2.45) is 5.92 Å². The van der Waals surface area contributed by atoms with Gasteiger partial charge in [-0.3, -0.25) is 14.4 Å². The molecule has 2 amide bonds. The number of hydrogen-bond donors (Lipinski definition) is 1. The zero-order valence-corrected chi connectivity index (χ0v) is 18.0. The Hall–Kier alpha value is -3.03. The van der Waals surface area contributed by atoms with Crippen LogP contribution in [0.2, 0.25) is 0 Å². The van der Waals surface area contributed by atoms with Crippen LogP contribution < -0.4 is 5.56 Å². The fourth-order valence-corrected chi connectivity index (χ4v) is 4.82. The molecule has 2 fully saturated rings. The van der Waals surface area contributed by atoms with Crippen LogP contribution in [0.1, 0.15) is 60.8 Å². The van der Waals surface area contributed by atoms with E-state index in [1.807, 2.05) is 0 Å². The number of carbonyl (C=O) groups excluding carboxylic acids is 2. The number of likely N-dealkylation sites (tertiary alicyclic amines) is 1. The van der Waals surface area contributed by atoms with E-state index in [9.17, 15) is 18.8 Å². The van der Waals surface area contributed by atoms with Crippen LogP contribution in [-0.4, -0.2) is 44.7 Å². The average molecular weight is 439 g/mol. The fourth-order valence-electron chi connectivity index (χ4n) is 4.82. The van der Waals surface area contributed by atoms with Crippen molar-refractivity contribution in [1.29, 1.82) is 0 Å². The van der Waals surface area contributed by atoms with Crippen molar-refractivity contribution < 1.29 is 14.0 Å². The van der Waals surface area contributed by atoms with E-state index < -0.39 is 0 Å². The van der Waals surface area contributed by atoms with E-state index in [0.29, 0.717) is 43.0 Å². The van der Waals surface area contributed by atoms with Crippen LogP contribution in [0.5, 0.6) is 0 Å². The number of nitrogens with one attached hydrogen (secondary N) is 1. The number of H-pyrrole nitrogens is 1. The summed E-state index contributed by atoms with van der Waals surface area (Å²) in [6, 6.07) is 5.79. The second-order valence-corrected chi connectivity index (χ2v) is 9.07. The molecule has 8 heteroatoms. The highest BCUT2D eigenvalue weighted by atomic mass is 19.1. The van der Waals surface area contributed by atoms with E-state index in [-0.39, 0.29) is 41.6 Å². The van der Waals surface area contributed by atoms with Crippen LogP contribution in [0.3, 0.4) is 0 Å². The Balaban J connectivity index is 1.37. The van der Waals surface area contributed by atoms with Crippen LogP contribution in [0.25, 0.3) is 0 Å². The molecule has 1 aliphatic carbocycles. The molecule has 0 spiro atoms. The normalized spacial score (nSPS) is 20.7. The molecule has 2 aromatic rings. The number of aromatic nitrogens is 2. The minimum atomic E-state index is -0.361. The summed E-state index contributed by atoms with van der Waals surface area (Å²) in [5.74, 6) is 0.327. The maximum atomic E-state index is 13.5. The van der Waals surface area contributed by atoms with Crippen LogP contribution in [0, 0.1) is 11.7 Å². The monoisotopic (exact) mass is 438 g/mol. The number of benzene rings is 1. The third-order valence-electron chi connectivity index (χ3n) is 6.71. The third kappa shape index (κ3) is 4.18. The number of rotatable bonds is 4. The Morgan fingerprint density at radius 3 is 2.78 bits per heavy atom. The van der Waals surface area contributed by atoms with E-state index in [4.69, 9.17) is 4.98 Å². The molecule has 1 aromatic heterocycles. The Kier molecular flexibility index (Phi) is 5.53. The van der Waals surface area contributed by atoms with E-state index in [1.165, 1.54) is 12.1 Å². The molecule has 168 valence electrons. The van der Waals surface area contributed by atoms with Gasteiger partial charge < -0.3 is 14.8 Å². The SMILES string of the molecule is O=C(C1CC1)N1CCc2nc(C3CCCCN3C(=O)Cc3cccc(F)c3)[nH]c(=O)c2C1. The van der Waals surface area contributed by atoms with Gasteiger partial charge in [0.2, 0.25) is 11.8 Å². The number of carbonyl (C=O) groups is 2. The molecular weight excluding hydrogens is 411 g/mol. The Labute approximate surface area is 185 Å². The van der Waals surface area contributed by atoms with Crippen molar-refractivity contribution in [2.75, 3.05) is 13.1 Å². The number of fused-ring (bicyclic) bond motifs is 1. The first-order valence-corrected chi connectivity index (χ1v) is 11.4. The smallest absolute Gasteiger partial charge is 0.256 e. The lowest BCUT2D eigenvalue weighted by atomic mass is 9.99. The van der Waals surface area contributed by atoms with Crippen LogP contribution in [0.15, 0.2) is 29.1 Å². The first-order valence-electron chi connectivity index (χ1n) is 11.4. The Morgan fingerprint density at radius 2 is 2.00 bits per heavy atom. The van der Waals surface area contributed by atoms with Gasteiger partial charge in [-0.25, -0.2) is 9.37 Å². The second kappa shape index (κ2) is 8.48. The lowest BCUT2D eigenvalue weighted by Crippen LogP contribution is -2.43. The zero-order chi connectivity index (χ0) is 22.2. The van der Waals surface area contributed by atoms with Crippen molar-refractivity contribution in [3.8, 4) is 0 Å². The minimum Gasteiger partial charge on any atom is -0.337 e. The van der Waals surface area contributed by atoms with Gasteiger partial charge in [-0.05, 0) is 49.8 Å². The van der Waals surface area contributed by atoms with Gasteiger partial charge in [-0.15, -0.1) is 0 Å². The van der Waals surface area contributed by atoms with E-state index in [0.717, 1.165) is 37.8 Å². The first kappa shape index (κ1) is 20.8. The van der Waals surface area contributed by atoms with E-state index in [1.54, 1.807) is 21.9 Å². The zero-order valence-electron chi connectivity index (χ0n) is 18.0. The van der Waals surface area contributed by atoms with Crippen molar-refractivity contribution in [2.45, 2.75) is 57.5 Å². The summed E-state index contributed by atoms with van der Waals surface area (Å²) in [5, 5.41) is 0. The lowest BCUT2D eigenvalue weighted by molar-refractivity contribution is -0.135. The summed E-state index contributed by atoms with van der Waals surface area (Å²) in [7, 11) is 0. The van der Waals surface area contributed by atoms with Crippen LogP contribution in [-0.2, 0) is 29.0 Å². The molecule has 2 aliphatic heterocycles. The molecule has 1 atom stereocenters. The molecule has 32 heavy (non-hydrogen) atoms. The summed E-state index contributed by atoms with van der Waals surface area (Å²) in [6.45, 7) is 1.47. The molecular formula is C24H27FN4O3. The third-order valence-corrected chi connectivity index (χ3v) is 6.71. The molecule has 1 unspecified atom stereocenters. The predicted octanol–water partition coefficient (Wildman–Crippen LogP) is 2.50. The molecule has 3 aliphatic rings. The molecule has 7 nitrogen and oxygen atoms in total. The highest BCUT2D eigenvalue weighted by molar-refractivity contribution is 5.81. The van der Waals surface area contributed by atoms with Crippen molar-refractivity contribution >= 4 is 11.8 Å². The van der Waals surface area contributed by atoms with Crippen molar-refractivity contribution in [3.05, 3.63) is 63.1 Å². The Bertz CT molecular complexity index is 1110. The number of piperidine rings is 1. The quantitative estimate of drug-likeness (QED) is 0.795. The molecule has 5 rings (SSSR count). The molecule has 3 heterocycles. The molecule has 1 aromatic carbocycles. The lowest BCUT2D eigenvalue weighted by Gasteiger charge is -2.36. The van der Waals surface area contributed by atoms with Crippen molar-refractivity contribution in [1.82, 2.24) is 19.8 Å². The standard InChI is InChI=1S/C24H27FN4O3/c25-17-5-3-4-15(12-17)13-21(30)29-10-2-1-6-20(29)22-26-19-9-11-28(24(32)16-7-8-16)14-18(19)23(31)27-22/h3-5,12,16,20H,1-2,6-11,13-14H2,(H,26,27,31). The van der Waals surface area contributed by atoms with E-state index >= 15 is 0 Å². The minimum absolute atomic E-state index is 0.0955. The number of aromatic amines is 1. The highest BCUT2D eigenvalue weighted by Crippen LogP contribution is 2.33. The van der Waals surface area contributed by atoms with Gasteiger partial charge in [0.05, 0.1) is 30.3 Å². The van der Waals surface area contributed by atoms with Gasteiger partial charge in [0.25, 0.3) is 5.56 Å². The van der Waals surface area contributed by atoms with Gasteiger partial charge in [-0.1, -0.05) is 12.1 Å².